The lowest BCUT2D eigenvalue weighted by Gasteiger charge is -2.39. The second-order valence-electron chi connectivity index (χ2n) is 13.3. The number of imidazole rings is 1. The maximum atomic E-state index is 14.3. The molecule has 0 saturated carbocycles. The smallest absolute Gasteiger partial charge is 0.229 e. The van der Waals surface area contributed by atoms with Gasteiger partial charge in [-0.25, -0.2) is 9.37 Å². The van der Waals surface area contributed by atoms with Gasteiger partial charge < -0.3 is 24.4 Å². The maximum absolute atomic E-state index is 14.3. The van der Waals surface area contributed by atoms with Crippen LogP contribution in [-0.2, 0) is 24.3 Å². The Morgan fingerprint density at radius 3 is 2.46 bits per heavy atom. The summed E-state index contributed by atoms with van der Waals surface area (Å²) in [6.07, 6.45) is 7.84. The van der Waals surface area contributed by atoms with Crippen LogP contribution in [0.25, 0.3) is 11.0 Å². The van der Waals surface area contributed by atoms with Crippen LogP contribution in [0.3, 0.4) is 0 Å². The predicted octanol–water partition coefficient (Wildman–Crippen LogP) is 6.63. The number of piperidine rings is 1. The van der Waals surface area contributed by atoms with Gasteiger partial charge in [0.2, 0.25) is 11.9 Å². The van der Waals surface area contributed by atoms with Gasteiger partial charge in [-0.1, -0.05) is 42.5 Å². The van der Waals surface area contributed by atoms with Gasteiger partial charge in [-0.2, -0.15) is 0 Å². The van der Waals surface area contributed by atoms with E-state index in [2.05, 4.69) is 38.0 Å². The van der Waals surface area contributed by atoms with Gasteiger partial charge in [0.15, 0.2) is 0 Å². The monoisotopic (exact) mass is 646 g/mol. The number of aromatic amines is 1. The average Bonchev–Trinajstić information content (AvgIpc) is 3.69. The Balaban J connectivity index is 1.05. The molecule has 1 unspecified atom stereocenters. The SMILES string of the molecule is COc1ccccc1CN1CCC(CCN2CCC(N(Cc3ccncc3)c3nc4ccccc4[nH]3)CC2)(Cc2ccc(F)cc2)C1=O. The first-order valence-corrected chi connectivity index (χ1v) is 17.0. The molecule has 1 amide bonds. The van der Waals surface area contributed by atoms with Crippen LogP contribution in [-0.4, -0.2) is 70.0 Å². The Morgan fingerprint density at radius 2 is 1.69 bits per heavy atom. The lowest BCUT2D eigenvalue weighted by atomic mass is 9.77. The van der Waals surface area contributed by atoms with E-state index in [-0.39, 0.29) is 11.7 Å². The lowest BCUT2D eigenvalue weighted by Crippen LogP contribution is -2.46. The number of pyridine rings is 1. The summed E-state index contributed by atoms with van der Waals surface area (Å²) in [6, 6.07) is 27.2. The van der Waals surface area contributed by atoms with Crippen molar-refractivity contribution in [2.75, 3.05) is 38.2 Å². The van der Waals surface area contributed by atoms with Crippen LogP contribution < -0.4 is 9.64 Å². The van der Waals surface area contributed by atoms with Crippen molar-refractivity contribution in [1.29, 1.82) is 0 Å². The minimum absolute atomic E-state index is 0.182. The van der Waals surface area contributed by atoms with Crippen molar-refractivity contribution in [2.24, 2.45) is 5.41 Å². The molecule has 2 aliphatic rings. The number of rotatable bonds is 12. The van der Waals surface area contributed by atoms with Crippen LogP contribution in [0.5, 0.6) is 5.75 Å². The fourth-order valence-electron chi connectivity index (χ4n) is 7.52. The number of carbonyl (C=O) groups is 1. The molecule has 2 aromatic heterocycles. The number of likely N-dealkylation sites (tertiary alicyclic amines) is 2. The Labute approximate surface area is 281 Å². The molecule has 248 valence electrons. The van der Waals surface area contributed by atoms with Crippen molar-refractivity contribution < 1.29 is 13.9 Å². The topological polar surface area (TPSA) is 77.6 Å². The number of amides is 1. The summed E-state index contributed by atoms with van der Waals surface area (Å²) in [6.45, 7) is 4.71. The Kier molecular flexibility index (Phi) is 9.38. The van der Waals surface area contributed by atoms with E-state index in [0.717, 1.165) is 85.7 Å². The molecule has 2 aliphatic heterocycles. The molecule has 3 aromatic carbocycles. The van der Waals surface area contributed by atoms with Gasteiger partial charge in [0.05, 0.1) is 23.6 Å². The molecule has 7 rings (SSSR count). The van der Waals surface area contributed by atoms with Crippen LogP contribution in [0.15, 0.2) is 97.3 Å². The van der Waals surface area contributed by atoms with E-state index < -0.39 is 5.41 Å². The zero-order valence-corrected chi connectivity index (χ0v) is 27.5. The van der Waals surface area contributed by atoms with E-state index in [0.29, 0.717) is 25.6 Å². The molecule has 0 radical (unpaired) electrons. The molecule has 2 fully saturated rings. The highest BCUT2D eigenvalue weighted by Gasteiger charge is 2.46. The number of para-hydroxylation sites is 3. The van der Waals surface area contributed by atoms with Gasteiger partial charge in [-0.3, -0.25) is 9.78 Å². The van der Waals surface area contributed by atoms with Gasteiger partial charge in [0.1, 0.15) is 11.6 Å². The second-order valence-corrected chi connectivity index (χ2v) is 13.3. The molecule has 1 atom stereocenters. The summed E-state index contributed by atoms with van der Waals surface area (Å²) in [5, 5.41) is 0. The average molecular weight is 647 g/mol. The van der Waals surface area contributed by atoms with Crippen LogP contribution in [0.4, 0.5) is 10.3 Å². The van der Waals surface area contributed by atoms with E-state index in [4.69, 9.17) is 9.72 Å². The quantitative estimate of drug-likeness (QED) is 0.164. The summed E-state index contributed by atoms with van der Waals surface area (Å²) in [7, 11) is 1.67. The van der Waals surface area contributed by atoms with Crippen LogP contribution >= 0.6 is 0 Å². The molecule has 9 heteroatoms. The number of H-pyrrole nitrogens is 1. The number of methoxy groups -OCH3 is 1. The lowest BCUT2D eigenvalue weighted by molar-refractivity contribution is -0.137. The third-order valence-electron chi connectivity index (χ3n) is 10.3. The van der Waals surface area contributed by atoms with Crippen LogP contribution in [0, 0.1) is 11.2 Å². The summed E-state index contributed by atoms with van der Waals surface area (Å²) < 4.78 is 19.4. The van der Waals surface area contributed by atoms with Crippen LogP contribution in [0.2, 0.25) is 0 Å². The third-order valence-corrected chi connectivity index (χ3v) is 10.3. The van der Waals surface area contributed by atoms with Gasteiger partial charge in [-0.15, -0.1) is 0 Å². The number of benzene rings is 3. The molecule has 4 heterocycles. The standard InChI is InChI=1S/C39H43FN6O2/c1-48-36-9-5-2-6-31(36)28-45-25-19-39(37(45)47,26-29-10-12-32(40)13-11-29)18-24-44-22-16-33(17-23-44)46(27-30-14-20-41-21-15-30)38-42-34-7-3-4-8-35(34)43-38/h2-15,20-21,33H,16-19,22-28H2,1H3,(H,42,43). The Hall–Kier alpha value is -4.76. The molecule has 1 N–H and O–H groups in total. The van der Waals surface area contributed by atoms with E-state index in [9.17, 15) is 9.18 Å². The normalized spacial score (nSPS) is 18.9. The summed E-state index contributed by atoms with van der Waals surface area (Å²) >= 11 is 0. The van der Waals surface area contributed by atoms with Gasteiger partial charge in [0, 0.05) is 56.7 Å². The minimum Gasteiger partial charge on any atom is -0.496 e. The Morgan fingerprint density at radius 1 is 0.938 bits per heavy atom. The zero-order chi connectivity index (χ0) is 32.9. The second kappa shape index (κ2) is 14.2. The van der Waals surface area contributed by atoms with Gasteiger partial charge in [-0.05, 0) is 92.2 Å². The fraction of sp³-hybridized carbons (Fsp3) is 0.359. The highest BCUT2D eigenvalue weighted by Crippen LogP contribution is 2.41. The molecule has 0 aliphatic carbocycles. The van der Waals surface area contributed by atoms with Crippen molar-refractivity contribution in [3.63, 3.8) is 0 Å². The van der Waals surface area contributed by atoms with Gasteiger partial charge >= 0.3 is 0 Å². The minimum atomic E-state index is -0.529. The number of fused-ring (bicyclic) bond motifs is 1. The number of hydrogen-bond acceptors (Lipinski definition) is 6. The van der Waals surface area contributed by atoms with Crippen molar-refractivity contribution in [3.05, 3.63) is 120 Å². The van der Waals surface area contributed by atoms with Crippen LogP contribution in [0.1, 0.15) is 42.4 Å². The first kappa shape index (κ1) is 31.8. The fourth-order valence-corrected chi connectivity index (χ4v) is 7.52. The first-order valence-electron chi connectivity index (χ1n) is 17.0. The van der Waals surface area contributed by atoms with E-state index in [1.165, 1.54) is 17.7 Å². The summed E-state index contributed by atoms with van der Waals surface area (Å²) in [4.78, 5) is 34.0. The van der Waals surface area contributed by atoms with Crippen molar-refractivity contribution >= 4 is 22.9 Å². The molecular formula is C39H43FN6O2. The van der Waals surface area contributed by atoms with E-state index in [1.807, 2.05) is 71.9 Å². The van der Waals surface area contributed by atoms with Crippen molar-refractivity contribution in [3.8, 4) is 5.75 Å². The number of carbonyl (C=O) groups excluding carboxylic acids is 1. The molecule has 0 bridgehead atoms. The zero-order valence-electron chi connectivity index (χ0n) is 27.5. The van der Waals surface area contributed by atoms with Gasteiger partial charge in [0.25, 0.3) is 0 Å². The highest BCUT2D eigenvalue weighted by atomic mass is 19.1. The number of nitrogens with one attached hydrogen (secondary N) is 1. The van der Waals surface area contributed by atoms with Crippen molar-refractivity contribution in [2.45, 2.75) is 51.2 Å². The molecule has 0 spiro atoms. The maximum Gasteiger partial charge on any atom is 0.229 e. The number of nitrogens with zero attached hydrogens (tertiary/aromatic N) is 5. The largest absolute Gasteiger partial charge is 0.496 e. The van der Waals surface area contributed by atoms with Crippen molar-refractivity contribution in [1.82, 2.24) is 24.8 Å². The Bertz CT molecular complexity index is 1790. The molecule has 8 nitrogen and oxygen atoms in total. The summed E-state index contributed by atoms with van der Waals surface area (Å²) in [5.74, 6) is 1.62. The molecule has 48 heavy (non-hydrogen) atoms. The first-order chi connectivity index (χ1) is 23.5. The van der Waals surface area contributed by atoms with E-state index >= 15 is 0 Å². The molecular weight excluding hydrogens is 603 g/mol. The number of ether oxygens (including phenoxy) is 1. The summed E-state index contributed by atoms with van der Waals surface area (Å²) in [5.41, 5.74) is 4.69. The number of anilines is 1. The highest BCUT2D eigenvalue weighted by molar-refractivity contribution is 5.85. The molecule has 5 aromatic rings. The molecule has 2 saturated heterocycles. The number of aromatic nitrogens is 3. The predicted molar refractivity (Wildman–Crippen MR) is 186 cm³/mol. The third kappa shape index (κ3) is 6.92. The number of hydrogen-bond donors (Lipinski definition) is 1. The van der Waals surface area contributed by atoms with E-state index in [1.54, 1.807) is 7.11 Å². The number of halogens is 1.